The Morgan fingerprint density at radius 2 is 2.05 bits per heavy atom. The monoisotopic (exact) mass is 343 g/mol. The van der Waals surface area contributed by atoms with E-state index in [1.165, 1.54) is 0 Å². The van der Waals surface area contributed by atoms with E-state index in [-0.39, 0.29) is 6.04 Å². The van der Waals surface area contributed by atoms with Gasteiger partial charge in [-0.1, -0.05) is 42.3 Å². The van der Waals surface area contributed by atoms with Crippen LogP contribution in [0.1, 0.15) is 25.1 Å². The van der Waals surface area contributed by atoms with Crippen LogP contribution in [0.4, 0.5) is 0 Å². The van der Waals surface area contributed by atoms with Crippen molar-refractivity contribution in [2.24, 2.45) is 7.05 Å². The molecule has 114 valence electrons. The number of aromatic nitrogens is 2. The molecule has 0 saturated carbocycles. The van der Waals surface area contributed by atoms with Gasteiger partial charge in [-0.25, -0.2) is 0 Å². The van der Waals surface area contributed by atoms with E-state index in [9.17, 15) is 0 Å². The Kier molecular flexibility index (Phi) is 6.42. The van der Waals surface area contributed by atoms with Crippen molar-refractivity contribution in [3.63, 3.8) is 0 Å². The number of halogens is 2. The Morgan fingerprint density at radius 3 is 2.67 bits per heavy atom. The van der Waals surface area contributed by atoms with Crippen LogP contribution in [-0.4, -0.2) is 22.1 Å². The van der Waals surface area contributed by atoms with Gasteiger partial charge in [0.15, 0.2) is 0 Å². The third-order valence-electron chi connectivity index (χ3n) is 3.15. The van der Waals surface area contributed by atoms with Crippen molar-refractivity contribution in [2.45, 2.75) is 24.3 Å². The van der Waals surface area contributed by atoms with Crippen LogP contribution in [0.15, 0.2) is 35.4 Å². The van der Waals surface area contributed by atoms with Gasteiger partial charge in [0.2, 0.25) is 0 Å². The number of hydrogen-bond donors (Lipinski definition) is 1. The van der Waals surface area contributed by atoms with Crippen LogP contribution in [0, 0.1) is 0 Å². The zero-order valence-electron chi connectivity index (χ0n) is 12.1. The fourth-order valence-corrected chi connectivity index (χ4v) is 3.70. The summed E-state index contributed by atoms with van der Waals surface area (Å²) in [7, 11) is 1.92. The highest BCUT2D eigenvalue weighted by Gasteiger charge is 2.19. The molecule has 0 aliphatic rings. The minimum absolute atomic E-state index is 0.145. The van der Waals surface area contributed by atoms with Gasteiger partial charge in [0.05, 0.1) is 28.0 Å². The smallest absolute Gasteiger partial charge is 0.0834 e. The number of nitrogens with one attached hydrogen (secondary N) is 1. The molecule has 0 spiro atoms. The molecule has 3 nitrogen and oxygen atoms in total. The number of benzene rings is 1. The van der Waals surface area contributed by atoms with Gasteiger partial charge < -0.3 is 5.32 Å². The molecule has 1 unspecified atom stereocenters. The van der Waals surface area contributed by atoms with Gasteiger partial charge in [-0.05, 0) is 25.1 Å². The van der Waals surface area contributed by atoms with Crippen molar-refractivity contribution in [1.82, 2.24) is 15.1 Å². The van der Waals surface area contributed by atoms with Gasteiger partial charge in [-0.15, -0.1) is 11.8 Å². The maximum atomic E-state index is 6.27. The van der Waals surface area contributed by atoms with Gasteiger partial charge in [-0.3, -0.25) is 4.68 Å². The van der Waals surface area contributed by atoms with Gasteiger partial charge in [0.25, 0.3) is 0 Å². The first-order valence-electron chi connectivity index (χ1n) is 6.91. The lowest BCUT2D eigenvalue weighted by atomic mass is 10.2. The molecule has 1 heterocycles. The Bertz CT molecular complexity index is 567. The first kappa shape index (κ1) is 16.7. The summed E-state index contributed by atoms with van der Waals surface area (Å²) in [6, 6.07) is 8.03. The number of nitrogens with zero attached hydrogens (tertiary/aromatic N) is 2. The number of aryl methyl sites for hydroxylation is 1. The maximum absolute atomic E-state index is 6.27. The van der Waals surface area contributed by atoms with E-state index in [0.29, 0.717) is 5.02 Å². The average Bonchev–Trinajstić information content (AvgIpc) is 2.81. The second-order valence-electron chi connectivity index (χ2n) is 4.75. The quantitative estimate of drug-likeness (QED) is 0.747. The minimum Gasteiger partial charge on any atom is -0.308 e. The zero-order chi connectivity index (χ0) is 15.2. The fourth-order valence-electron chi connectivity index (χ4n) is 2.10. The van der Waals surface area contributed by atoms with E-state index in [0.717, 1.165) is 34.3 Å². The summed E-state index contributed by atoms with van der Waals surface area (Å²) in [6.07, 6.45) is 2.76. The third kappa shape index (κ3) is 4.39. The maximum Gasteiger partial charge on any atom is 0.0834 e. The lowest BCUT2D eigenvalue weighted by Crippen LogP contribution is -2.26. The Hall–Kier alpha value is -0.680. The number of thioether (sulfide) groups is 1. The van der Waals surface area contributed by atoms with Crippen LogP contribution in [0.3, 0.4) is 0 Å². The first-order valence-corrected chi connectivity index (χ1v) is 8.65. The third-order valence-corrected chi connectivity index (χ3v) is 5.05. The van der Waals surface area contributed by atoms with Crippen molar-refractivity contribution < 1.29 is 0 Å². The second-order valence-corrected chi connectivity index (χ2v) is 6.63. The van der Waals surface area contributed by atoms with E-state index in [1.54, 1.807) is 18.0 Å². The second kappa shape index (κ2) is 8.08. The van der Waals surface area contributed by atoms with E-state index in [2.05, 4.69) is 17.3 Å². The molecule has 2 aromatic rings. The molecule has 0 radical (unpaired) electrons. The Morgan fingerprint density at radius 1 is 1.29 bits per heavy atom. The highest BCUT2D eigenvalue weighted by Crippen LogP contribution is 2.32. The largest absolute Gasteiger partial charge is 0.308 e. The molecule has 6 heteroatoms. The molecule has 1 N–H and O–H groups in total. The average molecular weight is 344 g/mol. The topological polar surface area (TPSA) is 29.9 Å². The zero-order valence-corrected chi connectivity index (χ0v) is 14.5. The van der Waals surface area contributed by atoms with E-state index in [1.807, 2.05) is 36.0 Å². The summed E-state index contributed by atoms with van der Waals surface area (Å²) in [5.74, 6) is 0.850. The van der Waals surface area contributed by atoms with Gasteiger partial charge in [-0.2, -0.15) is 5.10 Å². The molecule has 0 amide bonds. The standard InChI is InChI=1S/C15H19Cl2N3S/c1-3-8-18-13(15-12(17)9-19-20(15)2)10-21-14-7-5-4-6-11(14)16/h4-7,9,13,18H,3,8,10H2,1-2H3. The molecule has 1 atom stereocenters. The molecule has 1 aromatic carbocycles. The summed E-state index contributed by atoms with van der Waals surface area (Å²) >= 11 is 14.2. The molecule has 0 saturated heterocycles. The molecular formula is C15H19Cl2N3S. The summed E-state index contributed by atoms with van der Waals surface area (Å²) < 4.78 is 1.84. The summed E-state index contributed by atoms with van der Waals surface area (Å²) in [5, 5.41) is 9.25. The number of hydrogen-bond acceptors (Lipinski definition) is 3. The molecular weight excluding hydrogens is 325 g/mol. The molecule has 0 aliphatic heterocycles. The van der Waals surface area contributed by atoms with Crippen molar-refractivity contribution in [3.05, 3.63) is 46.2 Å². The highest BCUT2D eigenvalue weighted by atomic mass is 35.5. The molecule has 0 bridgehead atoms. The van der Waals surface area contributed by atoms with Crippen molar-refractivity contribution in [1.29, 1.82) is 0 Å². The van der Waals surface area contributed by atoms with Crippen LogP contribution >= 0.6 is 35.0 Å². The minimum atomic E-state index is 0.145. The molecule has 2 rings (SSSR count). The van der Waals surface area contributed by atoms with E-state index in [4.69, 9.17) is 23.2 Å². The van der Waals surface area contributed by atoms with Gasteiger partial charge >= 0.3 is 0 Å². The molecule has 0 aliphatic carbocycles. The van der Waals surface area contributed by atoms with Crippen molar-refractivity contribution >= 4 is 35.0 Å². The summed E-state index contributed by atoms with van der Waals surface area (Å²) in [5.41, 5.74) is 1.02. The van der Waals surface area contributed by atoms with Crippen molar-refractivity contribution in [3.8, 4) is 0 Å². The van der Waals surface area contributed by atoms with Crippen LogP contribution in [0.2, 0.25) is 10.0 Å². The van der Waals surface area contributed by atoms with Crippen molar-refractivity contribution in [2.75, 3.05) is 12.3 Å². The summed E-state index contributed by atoms with van der Waals surface area (Å²) in [4.78, 5) is 1.08. The summed E-state index contributed by atoms with van der Waals surface area (Å²) in [6.45, 7) is 3.09. The van der Waals surface area contributed by atoms with Crippen LogP contribution < -0.4 is 5.32 Å². The lowest BCUT2D eigenvalue weighted by molar-refractivity contribution is 0.535. The van der Waals surface area contributed by atoms with Crippen LogP contribution in [0.25, 0.3) is 0 Å². The Labute approximate surface area is 140 Å². The first-order chi connectivity index (χ1) is 10.1. The van der Waals surface area contributed by atoms with E-state index >= 15 is 0 Å². The predicted molar refractivity (Wildman–Crippen MR) is 91.4 cm³/mol. The van der Waals surface area contributed by atoms with Gasteiger partial charge in [0, 0.05) is 17.7 Å². The molecule has 1 aromatic heterocycles. The number of rotatable bonds is 7. The molecule has 21 heavy (non-hydrogen) atoms. The lowest BCUT2D eigenvalue weighted by Gasteiger charge is -2.19. The fraction of sp³-hybridized carbons (Fsp3) is 0.400. The predicted octanol–water partition coefficient (Wildman–Crippen LogP) is 4.56. The normalized spacial score (nSPS) is 12.6. The van der Waals surface area contributed by atoms with Crippen LogP contribution in [0.5, 0.6) is 0 Å². The van der Waals surface area contributed by atoms with Gasteiger partial charge in [0.1, 0.15) is 0 Å². The molecule has 0 fully saturated rings. The SMILES string of the molecule is CCCNC(CSc1ccccc1Cl)c1c(Cl)cnn1C. The highest BCUT2D eigenvalue weighted by molar-refractivity contribution is 7.99. The Balaban J connectivity index is 2.12. The van der Waals surface area contributed by atoms with Crippen LogP contribution in [-0.2, 0) is 7.05 Å². The van der Waals surface area contributed by atoms with E-state index < -0.39 is 0 Å².